The molecule has 0 unspecified atom stereocenters. The van der Waals surface area contributed by atoms with Crippen molar-refractivity contribution in [3.05, 3.63) is 52.8 Å². The average molecular weight is 519 g/mol. The number of pyridine rings is 1. The molecular formula is C26H33F3N6O2. The third-order valence-corrected chi connectivity index (χ3v) is 7.98. The molecule has 200 valence electrons. The second-order valence-electron chi connectivity index (χ2n) is 10.1. The van der Waals surface area contributed by atoms with E-state index < -0.39 is 12.0 Å². The van der Waals surface area contributed by atoms with Gasteiger partial charge in [0.1, 0.15) is 11.6 Å². The van der Waals surface area contributed by atoms with Gasteiger partial charge in [0.25, 0.3) is 6.43 Å². The maximum Gasteiger partial charge on any atom is 0.326 e. The third kappa shape index (κ3) is 4.99. The number of urea groups is 1. The summed E-state index contributed by atoms with van der Waals surface area (Å²) < 4.78 is 46.0. The molecule has 1 spiro atoms. The molecule has 37 heavy (non-hydrogen) atoms. The molecule has 0 atom stereocenters. The number of piperidine rings is 1. The molecule has 0 aliphatic carbocycles. The van der Waals surface area contributed by atoms with Crippen LogP contribution in [0.2, 0.25) is 0 Å². The van der Waals surface area contributed by atoms with Crippen molar-refractivity contribution in [1.29, 1.82) is 0 Å². The van der Waals surface area contributed by atoms with E-state index >= 15 is 0 Å². The number of likely N-dealkylation sites (tertiary alicyclic amines) is 1. The van der Waals surface area contributed by atoms with Gasteiger partial charge < -0.3 is 9.64 Å². The van der Waals surface area contributed by atoms with Crippen LogP contribution in [-0.4, -0.2) is 79.2 Å². The lowest BCUT2D eigenvalue weighted by molar-refractivity contribution is 0.0340. The van der Waals surface area contributed by atoms with E-state index in [0.717, 1.165) is 24.2 Å². The molecule has 11 heteroatoms. The number of aromatic nitrogens is 1. The monoisotopic (exact) mass is 518 g/mol. The maximum absolute atomic E-state index is 14.3. The fourth-order valence-corrected chi connectivity index (χ4v) is 5.73. The van der Waals surface area contributed by atoms with Crippen LogP contribution in [0.15, 0.2) is 30.3 Å². The second kappa shape index (κ2) is 10.5. The molecule has 2 N–H and O–H groups in total. The fraction of sp³-hybridized carbons (Fsp3) is 0.538. The van der Waals surface area contributed by atoms with E-state index in [1.54, 1.807) is 34.8 Å². The van der Waals surface area contributed by atoms with Crippen LogP contribution < -0.4 is 20.5 Å². The second-order valence-corrected chi connectivity index (χ2v) is 10.1. The van der Waals surface area contributed by atoms with Gasteiger partial charge in [0.15, 0.2) is 0 Å². The van der Waals surface area contributed by atoms with Gasteiger partial charge in [-0.2, -0.15) is 4.98 Å². The number of nitrogens with one attached hydrogen (secondary N) is 2. The first kappa shape index (κ1) is 25.7. The Hall–Kier alpha value is -2.89. The first-order valence-electron chi connectivity index (χ1n) is 12.7. The Labute approximate surface area is 214 Å². The zero-order valence-corrected chi connectivity index (χ0v) is 21.1. The summed E-state index contributed by atoms with van der Waals surface area (Å²) >= 11 is 0. The van der Waals surface area contributed by atoms with Crippen molar-refractivity contribution in [3.8, 4) is 5.88 Å². The Kier molecular flexibility index (Phi) is 7.28. The molecular weight excluding hydrogens is 485 g/mol. The van der Waals surface area contributed by atoms with Crippen molar-refractivity contribution in [2.75, 3.05) is 51.3 Å². The van der Waals surface area contributed by atoms with Gasteiger partial charge in [-0.05, 0) is 49.1 Å². The van der Waals surface area contributed by atoms with Crippen LogP contribution in [0, 0.1) is 12.7 Å². The third-order valence-electron chi connectivity index (χ3n) is 7.98. The number of rotatable bonds is 7. The highest BCUT2D eigenvalue weighted by atomic mass is 19.3. The summed E-state index contributed by atoms with van der Waals surface area (Å²) in [6.07, 6.45) is -1.31. The number of hydrazine groups is 1. The molecule has 8 nitrogen and oxygen atoms in total. The number of hydrogen-bond donors (Lipinski definition) is 2. The number of hydrogen-bond acceptors (Lipinski definition) is 6. The molecule has 3 saturated heterocycles. The first-order valence-corrected chi connectivity index (χ1v) is 12.7. The minimum Gasteiger partial charge on any atom is -0.481 e. The number of ether oxygens (including phenoxy) is 1. The molecule has 4 heterocycles. The quantitative estimate of drug-likeness (QED) is 0.586. The van der Waals surface area contributed by atoms with Gasteiger partial charge in [-0.15, -0.1) is 0 Å². The Morgan fingerprint density at radius 1 is 1.16 bits per heavy atom. The Balaban J connectivity index is 1.45. The molecule has 2 aromatic rings. The summed E-state index contributed by atoms with van der Waals surface area (Å²) in [6, 6.07) is 8.44. The van der Waals surface area contributed by atoms with Crippen LogP contribution in [0.5, 0.6) is 5.88 Å². The van der Waals surface area contributed by atoms with E-state index in [4.69, 9.17) is 9.72 Å². The van der Waals surface area contributed by atoms with Crippen molar-refractivity contribution in [1.82, 2.24) is 25.6 Å². The van der Waals surface area contributed by atoms with Gasteiger partial charge >= 0.3 is 6.03 Å². The normalized spacial score (nSPS) is 20.5. The van der Waals surface area contributed by atoms with Crippen LogP contribution in [0.1, 0.15) is 35.4 Å². The largest absolute Gasteiger partial charge is 0.481 e. The molecule has 3 aliphatic heterocycles. The molecule has 0 bridgehead atoms. The van der Waals surface area contributed by atoms with Crippen molar-refractivity contribution < 1.29 is 22.7 Å². The Bertz CT molecular complexity index is 1140. The zero-order chi connectivity index (χ0) is 26.2. The molecule has 5 rings (SSSR count). The van der Waals surface area contributed by atoms with Gasteiger partial charge in [-0.25, -0.2) is 18.0 Å². The molecule has 0 radical (unpaired) electrons. The van der Waals surface area contributed by atoms with Crippen LogP contribution in [-0.2, 0) is 6.54 Å². The summed E-state index contributed by atoms with van der Waals surface area (Å²) in [7, 11) is 1.57. The summed E-state index contributed by atoms with van der Waals surface area (Å²) in [6.45, 7) is 4.47. The number of halogens is 3. The molecule has 0 saturated carbocycles. The minimum atomic E-state index is -2.40. The van der Waals surface area contributed by atoms with Gasteiger partial charge in [-0.3, -0.25) is 20.7 Å². The van der Waals surface area contributed by atoms with Crippen LogP contribution in [0.25, 0.3) is 0 Å². The lowest BCUT2D eigenvalue weighted by Crippen LogP contribution is -2.54. The van der Waals surface area contributed by atoms with Crippen LogP contribution >= 0.6 is 0 Å². The minimum absolute atomic E-state index is 0.198. The lowest BCUT2D eigenvalue weighted by atomic mass is 9.86. The standard InChI is InChI=1S/C26H33F3N6O2/c1-17-18(4-3-5-21(17)27)14-35-25(36)34(16-26(35)8-10-33(11-9-26)15-22(28)29)23-7-6-20(24(32-23)37-2)19-12-30-31-13-19/h3-7,19,22,30-31H,8-16H2,1-2H3. The van der Waals surface area contributed by atoms with E-state index in [0.29, 0.717) is 49.7 Å². The van der Waals surface area contributed by atoms with Crippen LogP contribution in [0.4, 0.5) is 23.8 Å². The SMILES string of the molecule is COc1nc(N2CC3(CCN(CC(F)F)CC3)N(Cc3cccc(F)c3C)C2=O)ccc1C1CNNC1. The van der Waals surface area contributed by atoms with Gasteiger partial charge in [0.2, 0.25) is 5.88 Å². The Morgan fingerprint density at radius 2 is 1.89 bits per heavy atom. The van der Waals surface area contributed by atoms with E-state index in [1.807, 2.05) is 18.2 Å². The first-order chi connectivity index (χ1) is 17.8. The predicted octanol–water partition coefficient (Wildman–Crippen LogP) is 3.27. The number of anilines is 1. The van der Waals surface area contributed by atoms with Crippen LogP contribution in [0.3, 0.4) is 0 Å². The molecule has 3 fully saturated rings. The van der Waals surface area contributed by atoms with E-state index in [9.17, 15) is 18.0 Å². The van der Waals surface area contributed by atoms with E-state index in [-0.39, 0.29) is 30.9 Å². The van der Waals surface area contributed by atoms with Crippen molar-refractivity contribution >= 4 is 11.8 Å². The maximum atomic E-state index is 14.3. The zero-order valence-electron chi connectivity index (χ0n) is 21.1. The number of alkyl halides is 2. The number of nitrogens with zero attached hydrogens (tertiary/aromatic N) is 4. The highest BCUT2D eigenvalue weighted by Crippen LogP contribution is 2.40. The average Bonchev–Trinajstić information content (AvgIpc) is 3.51. The van der Waals surface area contributed by atoms with Gasteiger partial charge in [0, 0.05) is 44.2 Å². The van der Waals surface area contributed by atoms with Gasteiger partial charge in [-0.1, -0.05) is 12.1 Å². The number of carbonyl (C=O) groups is 1. The highest BCUT2D eigenvalue weighted by Gasteiger charge is 2.51. The lowest BCUT2D eigenvalue weighted by Gasteiger charge is -2.43. The molecule has 1 aromatic carbocycles. The van der Waals surface area contributed by atoms with Crippen molar-refractivity contribution in [2.45, 2.75) is 44.2 Å². The van der Waals surface area contributed by atoms with Crippen molar-refractivity contribution in [2.24, 2.45) is 0 Å². The summed E-state index contributed by atoms with van der Waals surface area (Å²) in [5.74, 6) is 0.835. The number of amides is 2. The summed E-state index contributed by atoms with van der Waals surface area (Å²) in [4.78, 5) is 23.8. The fourth-order valence-electron chi connectivity index (χ4n) is 5.73. The van der Waals surface area contributed by atoms with E-state index in [1.165, 1.54) is 6.07 Å². The molecule has 1 aromatic heterocycles. The predicted molar refractivity (Wildman–Crippen MR) is 133 cm³/mol. The van der Waals surface area contributed by atoms with Gasteiger partial charge in [0.05, 0.1) is 25.7 Å². The van der Waals surface area contributed by atoms with Crippen molar-refractivity contribution in [3.63, 3.8) is 0 Å². The highest BCUT2D eigenvalue weighted by molar-refractivity contribution is 5.94. The molecule has 2 amide bonds. The summed E-state index contributed by atoms with van der Waals surface area (Å²) in [5, 5.41) is 0. The van der Waals surface area contributed by atoms with E-state index in [2.05, 4.69) is 10.9 Å². The number of benzene rings is 1. The number of methoxy groups -OCH3 is 1. The topological polar surface area (TPSA) is 73.0 Å². The molecule has 3 aliphatic rings. The summed E-state index contributed by atoms with van der Waals surface area (Å²) in [5.41, 5.74) is 7.83. The Morgan fingerprint density at radius 3 is 2.57 bits per heavy atom. The number of carbonyl (C=O) groups excluding carboxylic acids is 1. The smallest absolute Gasteiger partial charge is 0.326 e.